The maximum atomic E-state index is 11.3. The summed E-state index contributed by atoms with van der Waals surface area (Å²) in [5.74, 6) is 0. The predicted molar refractivity (Wildman–Crippen MR) is 70.9 cm³/mol. The second-order valence-corrected chi connectivity index (χ2v) is 4.90. The number of nitrogens with zero attached hydrogens (tertiary/aromatic N) is 1. The minimum atomic E-state index is -1.07. The SMILES string of the molecule is CC(C)N(C(=O)O)C(c1ccccc1Cl)[C@@H](C)O. The largest absolute Gasteiger partial charge is 0.465 e. The molecule has 0 aliphatic rings. The molecule has 0 aliphatic carbocycles. The van der Waals surface area contributed by atoms with Crippen LogP contribution in [-0.4, -0.2) is 33.4 Å². The molecule has 0 spiro atoms. The number of hydrogen-bond donors (Lipinski definition) is 2. The third-order valence-electron chi connectivity index (χ3n) is 2.76. The first kappa shape index (κ1) is 14.8. The predicted octanol–water partition coefficient (Wildman–Crippen LogP) is 3.15. The van der Waals surface area contributed by atoms with Gasteiger partial charge in [-0.25, -0.2) is 4.79 Å². The highest BCUT2D eigenvalue weighted by atomic mass is 35.5. The molecule has 1 aromatic carbocycles. The van der Waals surface area contributed by atoms with Crippen LogP contribution in [0.1, 0.15) is 32.4 Å². The van der Waals surface area contributed by atoms with Gasteiger partial charge in [0.2, 0.25) is 0 Å². The number of benzene rings is 1. The lowest BCUT2D eigenvalue weighted by Crippen LogP contribution is -2.43. The Hall–Kier alpha value is -1.26. The van der Waals surface area contributed by atoms with E-state index in [4.69, 9.17) is 11.6 Å². The van der Waals surface area contributed by atoms with E-state index in [2.05, 4.69) is 0 Å². The fraction of sp³-hybridized carbons (Fsp3) is 0.462. The molecule has 0 saturated heterocycles. The van der Waals surface area contributed by atoms with Crippen molar-refractivity contribution in [3.05, 3.63) is 34.9 Å². The van der Waals surface area contributed by atoms with E-state index in [1.54, 1.807) is 45.0 Å². The van der Waals surface area contributed by atoms with Crippen molar-refractivity contribution in [3.63, 3.8) is 0 Å². The number of carbonyl (C=O) groups is 1. The van der Waals surface area contributed by atoms with Gasteiger partial charge in [0.15, 0.2) is 0 Å². The summed E-state index contributed by atoms with van der Waals surface area (Å²) >= 11 is 6.09. The number of halogens is 1. The Morgan fingerprint density at radius 3 is 2.22 bits per heavy atom. The summed E-state index contributed by atoms with van der Waals surface area (Å²) in [4.78, 5) is 12.6. The molecular weight excluding hydrogens is 254 g/mol. The fourth-order valence-corrected chi connectivity index (χ4v) is 2.27. The molecule has 1 aromatic rings. The van der Waals surface area contributed by atoms with E-state index < -0.39 is 18.2 Å². The van der Waals surface area contributed by atoms with Crippen LogP contribution in [-0.2, 0) is 0 Å². The number of aliphatic hydroxyl groups excluding tert-OH is 1. The van der Waals surface area contributed by atoms with E-state index in [-0.39, 0.29) is 6.04 Å². The second-order valence-electron chi connectivity index (χ2n) is 4.49. The molecule has 0 radical (unpaired) electrons. The third-order valence-corrected chi connectivity index (χ3v) is 3.10. The highest BCUT2D eigenvalue weighted by molar-refractivity contribution is 6.31. The smallest absolute Gasteiger partial charge is 0.408 e. The lowest BCUT2D eigenvalue weighted by Gasteiger charge is -2.35. The van der Waals surface area contributed by atoms with Crippen LogP contribution in [0.5, 0.6) is 0 Å². The molecule has 0 aromatic heterocycles. The maximum absolute atomic E-state index is 11.3. The van der Waals surface area contributed by atoms with E-state index in [1.165, 1.54) is 4.90 Å². The molecule has 5 heteroatoms. The summed E-state index contributed by atoms with van der Waals surface area (Å²) in [7, 11) is 0. The molecule has 18 heavy (non-hydrogen) atoms. The molecule has 2 N–H and O–H groups in total. The minimum absolute atomic E-state index is 0.252. The van der Waals surface area contributed by atoms with Crippen molar-refractivity contribution in [1.82, 2.24) is 4.90 Å². The molecular formula is C13H18ClNO3. The van der Waals surface area contributed by atoms with Gasteiger partial charge >= 0.3 is 6.09 Å². The lowest BCUT2D eigenvalue weighted by atomic mass is 9.99. The standard InChI is InChI=1S/C13H18ClNO3/c1-8(2)15(13(17)18)12(9(3)16)10-6-4-5-7-11(10)14/h4-9,12,16H,1-3H3,(H,17,18)/t9-,12?/m1/s1. The van der Waals surface area contributed by atoms with Crippen LogP contribution in [0.3, 0.4) is 0 Å². The van der Waals surface area contributed by atoms with Crippen LogP contribution in [0, 0.1) is 0 Å². The highest BCUT2D eigenvalue weighted by Crippen LogP contribution is 2.31. The summed E-state index contributed by atoms with van der Waals surface area (Å²) in [5.41, 5.74) is 0.616. The van der Waals surface area contributed by atoms with E-state index in [0.717, 1.165) is 0 Å². The van der Waals surface area contributed by atoms with Crippen LogP contribution in [0.25, 0.3) is 0 Å². The van der Waals surface area contributed by atoms with Crippen molar-refractivity contribution in [2.75, 3.05) is 0 Å². The molecule has 100 valence electrons. The third kappa shape index (κ3) is 3.15. The summed E-state index contributed by atoms with van der Waals surface area (Å²) in [6.07, 6.45) is -1.92. The first-order chi connectivity index (χ1) is 8.36. The summed E-state index contributed by atoms with van der Waals surface area (Å²) in [5, 5.41) is 19.6. The Morgan fingerprint density at radius 2 is 1.83 bits per heavy atom. The molecule has 0 aliphatic heterocycles. The summed E-state index contributed by atoms with van der Waals surface area (Å²) in [6, 6.07) is 6.04. The van der Waals surface area contributed by atoms with Crippen molar-refractivity contribution in [2.24, 2.45) is 0 Å². The van der Waals surface area contributed by atoms with E-state index >= 15 is 0 Å². The summed E-state index contributed by atoms with van der Waals surface area (Å²) < 4.78 is 0. The van der Waals surface area contributed by atoms with Crippen LogP contribution in [0.2, 0.25) is 5.02 Å². The molecule has 1 rings (SSSR count). The molecule has 1 amide bonds. The Labute approximate surface area is 112 Å². The zero-order valence-corrected chi connectivity index (χ0v) is 11.4. The van der Waals surface area contributed by atoms with Crippen molar-refractivity contribution in [3.8, 4) is 0 Å². The average molecular weight is 272 g/mol. The number of hydrogen-bond acceptors (Lipinski definition) is 2. The van der Waals surface area contributed by atoms with Crippen LogP contribution in [0.15, 0.2) is 24.3 Å². The zero-order chi connectivity index (χ0) is 13.9. The first-order valence-corrected chi connectivity index (χ1v) is 6.17. The Morgan fingerprint density at radius 1 is 1.28 bits per heavy atom. The molecule has 0 fully saturated rings. The maximum Gasteiger partial charge on any atom is 0.408 e. The monoisotopic (exact) mass is 271 g/mol. The normalized spacial score (nSPS) is 14.3. The van der Waals surface area contributed by atoms with Crippen molar-refractivity contribution in [2.45, 2.75) is 39.0 Å². The number of amides is 1. The first-order valence-electron chi connectivity index (χ1n) is 5.80. The van der Waals surface area contributed by atoms with Gasteiger partial charge in [0.25, 0.3) is 0 Å². The fourth-order valence-electron chi connectivity index (χ4n) is 2.02. The second kappa shape index (κ2) is 6.07. The minimum Gasteiger partial charge on any atom is -0.465 e. The Balaban J connectivity index is 3.25. The topological polar surface area (TPSA) is 60.8 Å². The van der Waals surface area contributed by atoms with Gasteiger partial charge in [0.05, 0.1) is 12.1 Å². The van der Waals surface area contributed by atoms with Crippen molar-refractivity contribution >= 4 is 17.7 Å². The van der Waals surface area contributed by atoms with Gasteiger partial charge in [-0.1, -0.05) is 29.8 Å². The van der Waals surface area contributed by atoms with Crippen LogP contribution in [0.4, 0.5) is 4.79 Å². The number of carboxylic acid groups (broad SMARTS) is 1. The molecule has 0 saturated carbocycles. The van der Waals surface area contributed by atoms with Gasteiger partial charge in [-0.05, 0) is 32.4 Å². The number of rotatable bonds is 4. The van der Waals surface area contributed by atoms with Gasteiger partial charge in [0, 0.05) is 11.1 Å². The quantitative estimate of drug-likeness (QED) is 0.884. The molecule has 0 bridgehead atoms. The average Bonchev–Trinajstić information content (AvgIpc) is 2.25. The zero-order valence-electron chi connectivity index (χ0n) is 10.7. The molecule has 1 unspecified atom stereocenters. The van der Waals surface area contributed by atoms with Gasteiger partial charge < -0.3 is 10.2 Å². The summed E-state index contributed by atoms with van der Waals surface area (Å²) in [6.45, 7) is 5.09. The van der Waals surface area contributed by atoms with E-state index in [0.29, 0.717) is 10.6 Å². The van der Waals surface area contributed by atoms with E-state index in [9.17, 15) is 15.0 Å². The van der Waals surface area contributed by atoms with Gasteiger partial charge in [-0.3, -0.25) is 4.90 Å². The molecule has 4 nitrogen and oxygen atoms in total. The lowest BCUT2D eigenvalue weighted by molar-refractivity contribution is 0.0419. The Kier molecular flexibility index (Phi) is 4.99. The molecule has 0 heterocycles. The van der Waals surface area contributed by atoms with Crippen LogP contribution < -0.4 is 0 Å². The van der Waals surface area contributed by atoms with Crippen molar-refractivity contribution < 1.29 is 15.0 Å². The van der Waals surface area contributed by atoms with E-state index in [1.807, 2.05) is 0 Å². The Bertz CT molecular complexity index is 420. The van der Waals surface area contributed by atoms with Crippen LogP contribution >= 0.6 is 11.6 Å². The van der Waals surface area contributed by atoms with Crippen molar-refractivity contribution in [1.29, 1.82) is 0 Å². The van der Waals surface area contributed by atoms with Gasteiger partial charge in [-0.15, -0.1) is 0 Å². The highest BCUT2D eigenvalue weighted by Gasteiger charge is 2.32. The van der Waals surface area contributed by atoms with Gasteiger partial charge in [-0.2, -0.15) is 0 Å². The number of aliphatic hydroxyl groups is 1. The molecule has 2 atom stereocenters. The van der Waals surface area contributed by atoms with Gasteiger partial charge in [0.1, 0.15) is 0 Å².